The van der Waals surface area contributed by atoms with Gasteiger partial charge in [-0.3, -0.25) is 0 Å². The van der Waals surface area contributed by atoms with Crippen LogP contribution in [-0.2, 0) is 11.3 Å². The summed E-state index contributed by atoms with van der Waals surface area (Å²) in [6, 6.07) is 4.35. The molecule has 0 saturated carbocycles. The molecule has 7 nitrogen and oxygen atoms in total. The molecule has 0 unspecified atom stereocenters. The molecule has 23 heavy (non-hydrogen) atoms. The highest BCUT2D eigenvalue weighted by atomic mass is 19.1. The van der Waals surface area contributed by atoms with Crippen molar-refractivity contribution in [2.24, 2.45) is 0 Å². The van der Waals surface area contributed by atoms with E-state index >= 15 is 0 Å². The lowest BCUT2D eigenvalue weighted by atomic mass is 10.2. The van der Waals surface area contributed by atoms with Crippen LogP contribution < -0.4 is 5.32 Å². The Morgan fingerprint density at radius 2 is 2.22 bits per heavy atom. The van der Waals surface area contributed by atoms with E-state index in [9.17, 15) is 4.39 Å². The van der Waals surface area contributed by atoms with Crippen molar-refractivity contribution in [2.75, 3.05) is 11.9 Å². The molecule has 0 bridgehead atoms. The number of hydrogen-bond donors (Lipinski definition) is 1. The Hall–Kier alpha value is -2.61. The summed E-state index contributed by atoms with van der Waals surface area (Å²) < 4.78 is 24.0. The van der Waals surface area contributed by atoms with Crippen molar-refractivity contribution < 1.29 is 13.7 Å². The maximum Gasteiger partial charge on any atom is 0.246 e. The minimum absolute atomic E-state index is 0.230. The summed E-state index contributed by atoms with van der Waals surface area (Å²) in [6.07, 6.45) is 1.19. The summed E-state index contributed by atoms with van der Waals surface area (Å²) >= 11 is 0. The third-order valence-corrected chi connectivity index (χ3v) is 3.27. The molecule has 8 heteroatoms. The second-order valence-electron chi connectivity index (χ2n) is 4.88. The Morgan fingerprint density at radius 1 is 1.35 bits per heavy atom. The van der Waals surface area contributed by atoms with Crippen LogP contribution in [0.4, 0.5) is 10.2 Å². The molecule has 1 N–H and O–H groups in total. The zero-order chi connectivity index (χ0) is 16.2. The molecule has 2 heterocycles. The van der Waals surface area contributed by atoms with E-state index in [0.717, 1.165) is 0 Å². The van der Waals surface area contributed by atoms with E-state index in [1.807, 2.05) is 13.8 Å². The Bertz CT molecular complexity index is 807. The van der Waals surface area contributed by atoms with Crippen LogP contribution in [0.1, 0.15) is 31.7 Å². The largest absolute Gasteiger partial charge is 0.371 e. The molecule has 0 amide bonds. The first-order valence-corrected chi connectivity index (χ1v) is 7.25. The molecule has 0 saturated heterocycles. The first-order chi connectivity index (χ1) is 11.2. The normalized spacial score (nSPS) is 12.5. The van der Waals surface area contributed by atoms with E-state index in [1.165, 1.54) is 18.5 Å². The molecule has 0 aliphatic rings. The predicted octanol–water partition coefficient (Wildman–Crippen LogP) is 2.86. The van der Waals surface area contributed by atoms with Gasteiger partial charge >= 0.3 is 0 Å². The zero-order valence-corrected chi connectivity index (χ0v) is 12.8. The van der Waals surface area contributed by atoms with Crippen LogP contribution in [-0.4, -0.2) is 26.7 Å². The number of fused-ring (bicyclic) bond motifs is 1. The highest BCUT2D eigenvalue weighted by Crippen LogP contribution is 2.21. The van der Waals surface area contributed by atoms with Crippen LogP contribution in [0.3, 0.4) is 0 Å². The van der Waals surface area contributed by atoms with Crippen molar-refractivity contribution in [3.8, 4) is 0 Å². The van der Waals surface area contributed by atoms with E-state index in [4.69, 9.17) is 9.26 Å². The van der Waals surface area contributed by atoms with Crippen molar-refractivity contribution in [2.45, 2.75) is 26.5 Å². The highest BCUT2D eigenvalue weighted by molar-refractivity contribution is 5.88. The van der Waals surface area contributed by atoms with Gasteiger partial charge in [0.05, 0.1) is 12.1 Å². The number of nitrogens with one attached hydrogen (secondary N) is 1. The number of ether oxygens (including phenoxy) is 1. The van der Waals surface area contributed by atoms with Gasteiger partial charge in [0.25, 0.3) is 0 Å². The minimum Gasteiger partial charge on any atom is -0.371 e. The van der Waals surface area contributed by atoms with Crippen molar-refractivity contribution in [3.63, 3.8) is 0 Å². The van der Waals surface area contributed by atoms with Crippen molar-refractivity contribution in [1.82, 2.24) is 20.1 Å². The van der Waals surface area contributed by atoms with Gasteiger partial charge in [0.1, 0.15) is 24.1 Å². The fraction of sp³-hybridized carbons (Fsp3) is 0.333. The summed E-state index contributed by atoms with van der Waals surface area (Å²) in [5.41, 5.74) is 0.653. The Kier molecular flexibility index (Phi) is 4.42. The molecule has 1 atom stereocenters. The van der Waals surface area contributed by atoms with Gasteiger partial charge in [-0.1, -0.05) is 5.16 Å². The second-order valence-corrected chi connectivity index (χ2v) is 4.88. The molecular formula is C15H16FN5O2. The fourth-order valence-electron chi connectivity index (χ4n) is 2.16. The summed E-state index contributed by atoms with van der Waals surface area (Å²) in [4.78, 5) is 12.5. The Labute approximate surface area is 131 Å². The summed E-state index contributed by atoms with van der Waals surface area (Å²) in [6.45, 7) is 4.60. The Morgan fingerprint density at radius 3 is 3.04 bits per heavy atom. The minimum atomic E-state index is -0.346. The number of halogens is 1. The molecule has 2 aromatic heterocycles. The van der Waals surface area contributed by atoms with E-state index in [-0.39, 0.29) is 18.5 Å². The molecular weight excluding hydrogens is 301 g/mol. The molecule has 0 radical (unpaired) electrons. The maximum absolute atomic E-state index is 13.4. The van der Waals surface area contributed by atoms with Crippen LogP contribution in [0.25, 0.3) is 10.9 Å². The van der Waals surface area contributed by atoms with Gasteiger partial charge in [-0.25, -0.2) is 14.4 Å². The summed E-state index contributed by atoms with van der Waals surface area (Å²) in [7, 11) is 0. The van der Waals surface area contributed by atoms with Gasteiger partial charge in [-0.15, -0.1) is 0 Å². The summed E-state index contributed by atoms with van der Waals surface area (Å²) in [5.74, 6) is 1.05. The molecule has 3 rings (SSSR count). The van der Waals surface area contributed by atoms with Gasteiger partial charge in [0.2, 0.25) is 5.89 Å². The van der Waals surface area contributed by atoms with Crippen LogP contribution >= 0.6 is 0 Å². The molecule has 0 fully saturated rings. The molecule has 0 aliphatic carbocycles. The number of nitrogens with zero attached hydrogens (tertiary/aromatic N) is 4. The van der Waals surface area contributed by atoms with Gasteiger partial charge in [0.15, 0.2) is 5.82 Å². The van der Waals surface area contributed by atoms with E-state index in [1.54, 1.807) is 6.07 Å². The first kappa shape index (κ1) is 15.3. The zero-order valence-electron chi connectivity index (χ0n) is 12.8. The summed E-state index contributed by atoms with van der Waals surface area (Å²) in [5, 5.41) is 7.53. The SMILES string of the molecule is CCO[C@@H](C)c1noc(CNc2ncnc3ccc(F)cc23)n1. The second kappa shape index (κ2) is 6.66. The van der Waals surface area contributed by atoms with Crippen LogP contribution in [0.5, 0.6) is 0 Å². The monoisotopic (exact) mass is 317 g/mol. The molecule has 1 aromatic carbocycles. The fourth-order valence-corrected chi connectivity index (χ4v) is 2.16. The van der Waals surface area contributed by atoms with Crippen molar-refractivity contribution in [1.29, 1.82) is 0 Å². The standard InChI is InChI=1S/C15H16FN5O2/c1-3-22-9(2)14-20-13(23-21-14)7-17-15-11-6-10(16)4-5-12(11)18-8-19-15/h4-6,8-9H,3,7H2,1-2H3,(H,17,18,19)/t9-/m0/s1. The van der Waals surface area contributed by atoms with Gasteiger partial charge < -0.3 is 14.6 Å². The lowest BCUT2D eigenvalue weighted by Gasteiger charge is -2.06. The van der Waals surface area contributed by atoms with Crippen molar-refractivity contribution >= 4 is 16.7 Å². The maximum atomic E-state index is 13.4. The topological polar surface area (TPSA) is 86.0 Å². The first-order valence-electron chi connectivity index (χ1n) is 7.25. The lowest BCUT2D eigenvalue weighted by Crippen LogP contribution is -2.04. The van der Waals surface area contributed by atoms with Gasteiger partial charge in [0, 0.05) is 12.0 Å². The number of aromatic nitrogens is 4. The van der Waals surface area contributed by atoms with E-state index in [2.05, 4.69) is 25.4 Å². The smallest absolute Gasteiger partial charge is 0.246 e. The molecule has 0 spiro atoms. The lowest BCUT2D eigenvalue weighted by molar-refractivity contribution is 0.0683. The average molecular weight is 317 g/mol. The number of rotatable bonds is 6. The molecule has 3 aromatic rings. The number of hydrogen-bond acceptors (Lipinski definition) is 7. The van der Waals surface area contributed by atoms with Gasteiger partial charge in [-0.05, 0) is 32.0 Å². The number of benzene rings is 1. The third kappa shape index (κ3) is 3.42. The quantitative estimate of drug-likeness (QED) is 0.748. The third-order valence-electron chi connectivity index (χ3n) is 3.27. The van der Waals surface area contributed by atoms with E-state index < -0.39 is 0 Å². The predicted molar refractivity (Wildman–Crippen MR) is 81.2 cm³/mol. The van der Waals surface area contributed by atoms with Crippen molar-refractivity contribution in [3.05, 3.63) is 42.1 Å². The average Bonchev–Trinajstić information content (AvgIpc) is 3.02. The van der Waals surface area contributed by atoms with Crippen LogP contribution in [0.2, 0.25) is 0 Å². The van der Waals surface area contributed by atoms with Crippen LogP contribution in [0.15, 0.2) is 29.0 Å². The number of anilines is 1. The van der Waals surface area contributed by atoms with Gasteiger partial charge in [-0.2, -0.15) is 4.98 Å². The van der Waals surface area contributed by atoms with E-state index in [0.29, 0.717) is 35.0 Å². The van der Waals surface area contributed by atoms with Crippen LogP contribution in [0, 0.1) is 5.82 Å². The molecule has 120 valence electrons. The highest BCUT2D eigenvalue weighted by Gasteiger charge is 2.14. The molecule has 0 aliphatic heterocycles. The Balaban J connectivity index is 1.75.